The van der Waals surface area contributed by atoms with Crippen molar-refractivity contribution in [2.75, 3.05) is 6.54 Å². The van der Waals surface area contributed by atoms with Crippen molar-refractivity contribution in [1.82, 2.24) is 10.2 Å². The van der Waals surface area contributed by atoms with Crippen LogP contribution >= 0.6 is 23.2 Å². The zero-order valence-corrected chi connectivity index (χ0v) is 20.5. The van der Waals surface area contributed by atoms with Crippen molar-refractivity contribution in [3.63, 3.8) is 0 Å². The highest BCUT2D eigenvalue weighted by atomic mass is 35.5. The monoisotopic (exact) mass is 500 g/mol. The highest BCUT2D eigenvalue weighted by Crippen LogP contribution is 2.26. The van der Waals surface area contributed by atoms with Crippen LogP contribution < -0.4 is 5.32 Å². The summed E-state index contributed by atoms with van der Waals surface area (Å²) in [7, 11) is 0. The summed E-state index contributed by atoms with van der Waals surface area (Å²) in [5.41, 5.74) is 2.14. The fraction of sp³-hybridized carbons (Fsp3) is 0.259. The first-order chi connectivity index (χ1) is 16.4. The number of nitrogens with zero attached hydrogens (tertiary/aromatic N) is 1. The van der Waals surface area contributed by atoms with Gasteiger partial charge < -0.3 is 10.2 Å². The largest absolute Gasteiger partial charge is 0.354 e. The van der Waals surface area contributed by atoms with Crippen LogP contribution in [-0.4, -0.2) is 29.3 Å². The van der Waals surface area contributed by atoms with Crippen molar-refractivity contribution < 1.29 is 14.0 Å². The maximum atomic E-state index is 13.7. The number of hydrogen-bond acceptors (Lipinski definition) is 2. The number of halogens is 3. The molecule has 0 spiro atoms. The third-order valence-electron chi connectivity index (χ3n) is 5.48. The van der Waals surface area contributed by atoms with E-state index in [9.17, 15) is 14.0 Å². The predicted octanol–water partition coefficient (Wildman–Crippen LogP) is 5.84. The molecule has 0 radical (unpaired) electrons. The SMILES string of the molecule is CCCNC(=O)[C@H](Cc1ccccc1)N(Cc1ccc(F)cc1)C(=O)Cc1c(Cl)cccc1Cl. The van der Waals surface area contributed by atoms with Gasteiger partial charge in [-0.3, -0.25) is 9.59 Å². The predicted molar refractivity (Wildman–Crippen MR) is 134 cm³/mol. The van der Waals surface area contributed by atoms with E-state index in [4.69, 9.17) is 23.2 Å². The van der Waals surface area contributed by atoms with E-state index in [1.54, 1.807) is 30.3 Å². The Bertz CT molecular complexity index is 1090. The van der Waals surface area contributed by atoms with Gasteiger partial charge in [-0.1, -0.05) is 78.7 Å². The number of rotatable bonds is 10. The molecule has 34 heavy (non-hydrogen) atoms. The second kappa shape index (κ2) is 12.5. The molecule has 0 saturated carbocycles. The molecule has 0 aliphatic carbocycles. The summed E-state index contributed by atoms with van der Waals surface area (Å²) in [6, 6.07) is 19.7. The van der Waals surface area contributed by atoms with Gasteiger partial charge in [0.05, 0.1) is 6.42 Å². The molecule has 0 heterocycles. The quantitative estimate of drug-likeness (QED) is 0.380. The average molecular weight is 501 g/mol. The molecular weight excluding hydrogens is 474 g/mol. The molecule has 178 valence electrons. The van der Waals surface area contributed by atoms with Crippen LogP contribution in [0, 0.1) is 5.82 Å². The van der Waals surface area contributed by atoms with Gasteiger partial charge in [0, 0.05) is 29.6 Å². The van der Waals surface area contributed by atoms with E-state index in [2.05, 4.69) is 5.32 Å². The van der Waals surface area contributed by atoms with Gasteiger partial charge in [-0.05, 0) is 47.4 Å². The maximum absolute atomic E-state index is 13.7. The molecule has 0 aromatic heterocycles. The summed E-state index contributed by atoms with van der Waals surface area (Å²) in [6.45, 7) is 2.60. The van der Waals surface area contributed by atoms with E-state index in [0.29, 0.717) is 34.1 Å². The zero-order valence-electron chi connectivity index (χ0n) is 18.9. The Labute approximate surface area is 209 Å². The van der Waals surface area contributed by atoms with Crippen LogP contribution in [0.3, 0.4) is 0 Å². The topological polar surface area (TPSA) is 49.4 Å². The van der Waals surface area contributed by atoms with Gasteiger partial charge >= 0.3 is 0 Å². The van der Waals surface area contributed by atoms with Crippen LogP contribution in [0.1, 0.15) is 30.0 Å². The highest BCUT2D eigenvalue weighted by Gasteiger charge is 2.31. The lowest BCUT2D eigenvalue weighted by Crippen LogP contribution is -2.51. The molecule has 0 unspecified atom stereocenters. The molecule has 2 amide bonds. The lowest BCUT2D eigenvalue weighted by Gasteiger charge is -2.32. The first kappa shape index (κ1) is 25.7. The molecule has 7 heteroatoms. The Morgan fingerprint density at radius 2 is 1.56 bits per heavy atom. The van der Waals surface area contributed by atoms with Crippen molar-refractivity contribution in [2.45, 2.75) is 38.8 Å². The molecule has 1 atom stereocenters. The Balaban J connectivity index is 1.98. The van der Waals surface area contributed by atoms with Gasteiger partial charge in [-0.2, -0.15) is 0 Å². The molecule has 0 fully saturated rings. The first-order valence-corrected chi connectivity index (χ1v) is 11.9. The van der Waals surface area contributed by atoms with Crippen molar-refractivity contribution in [3.8, 4) is 0 Å². The normalized spacial score (nSPS) is 11.6. The lowest BCUT2D eigenvalue weighted by atomic mass is 10.0. The van der Waals surface area contributed by atoms with E-state index in [1.807, 2.05) is 37.3 Å². The molecule has 3 aromatic rings. The number of benzene rings is 3. The van der Waals surface area contributed by atoms with Crippen LogP contribution in [0.4, 0.5) is 4.39 Å². The molecular formula is C27H27Cl2FN2O2. The maximum Gasteiger partial charge on any atom is 0.243 e. The summed E-state index contributed by atoms with van der Waals surface area (Å²) < 4.78 is 13.5. The molecule has 4 nitrogen and oxygen atoms in total. The van der Waals surface area contributed by atoms with E-state index in [-0.39, 0.29) is 30.6 Å². The van der Waals surface area contributed by atoms with Gasteiger partial charge in [0.15, 0.2) is 0 Å². The molecule has 0 aliphatic heterocycles. The van der Waals surface area contributed by atoms with Crippen LogP contribution in [0.25, 0.3) is 0 Å². The van der Waals surface area contributed by atoms with E-state index >= 15 is 0 Å². The third kappa shape index (κ3) is 7.05. The Hall–Kier alpha value is -2.89. The first-order valence-electron chi connectivity index (χ1n) is 11.2. The lowest BCUT2D eigenvalue weighted by molar-refractivity contribution is -0.140. The van der Waals surface area contributed by atoms with Crippen molar-refractivity contribution in [2.24, 2.45) is 0 Å². The van der Waals surface area contributed by atoms with Crippen LogP contribution in [0.2, 0.25) is 10.0 Å². The van der Waals surface area contributed by atoms with Crippen LogP contribution in [-0.2, 0) is 29.0 Å². The van der Waals surface area contributed by atoms with E-state index < -0.39 is 6.04 Å². The molecule has 3 aromatic carbocycles. The molecule has 0 aliphatic rings. The van der Waals surface area contributed by atoms with Crippen molar-refractivity contribution in [3.05, 3.63) is 105 Å². The molecule has 0 bridgehead atoms. The second-order valence-corrected chi connectivity index (χ2v) is 8.84. The number of hydrogen-bond donors (Lipinski definition) is 1. The molecule has 3 rings (SSSR count). The standard InChI is InChI=1S/C27H27Cl2FN2O2/c1-2-15-31-27(34)25(16-19-7-4-3-5-8-19)32(18-20-11-13-21(30)14-12-20)26(33)17-22-23(28)9-6-10-24(22)29/h3-14,25H,2,15-18H2,1H3,(H,31,34)/t25-/m0/s1. The van der Waals surface area contributed by atoms with Crippen molar-refractivity contribution in [1.29, 1.82) is 0 Å². The van der Waals surface area contributed by atoms with E-state index in [0.717, 1.165) is 12.0 Å². The van der Waals surface area contributed by atoms with Crippen LogP contribution in [0.5, 0.6) is 0 Å². The minimum absolute atomic E-state index is 0.0634. The van der Waals surface area contributed by atoms with Crippen LogP contribution in [0.15, 0.2) is 72.8 Å². The average Bonchev–Trinajstić information content (AvgIpc) is 2.84. The fourth-order valence-corrected chi connectivity index (χ4v) is 4.19. The van der Waals surface area contributed by atoms with Gasteiger partial charge in [-0.15, -0.1) is 0 Å². The molecule has 0 saturated heterocycles. The zero-order chi connectivity index (χ0) is 24.5. The number of carbonyl (C=O) groups excluding carboxylic acids is 2. The third-order valence-corrected chi connectivity index (χ3v) is 6.18. The van der Waals surface area contributed by atoms with E-state index in [1.165, 1.54) is 17.0 Å². The smallest absolute Gasteiger partial charge is 0.243 e. The minimum Gasteiger partial charge on any atom is -0.354 e. The second-order valence-electron chi connectivity index (χ2n) is 8.02. The summed E-state index contributed by atoms with van der Waals surface area (Å²) in [5, 5.41) is 3.70. The fourth-order valence-electron chi connectivity index (χ4n) is 3.66. The van der Waals surface area contributed by atoms with Gasteiger partial charge in [0.2, 0.25) is 11.8 Å². The van der Waals surface area contributed by atoms with Gasteiger partial charge in [0.25, 0.3) is 0 Å². The highest BCUT2D eigenvalue weighted by molar-refractivity contribution is 6.36. The molecule has 1 N–H and O–H groups in total. The van der Waals surface area contributed by atoms with Gasteiger partial charge in [-0.25, -0.2) is 4.39 Å². The Kier molecular flexibility index (Phi) is 9.49. The van der Waals surface area contributed by atoms with Gasteiger partial charge in [0.1, 0.15) is 11.9 Å². The summed E-state index contributed by atoms with van der Waals surface area (Å²) in [4.78, 5) is 28.5. The Morgan fingerprint density at radius 3 is 2.18 bits per heavy atom. The number of nitrogens with one attached hydrogen (secondary N) is 1. The summed E-state index contributed by atoms with van der Waals surface area (Å²) >= 11 is 12.6. The number of carbonyl (C=O) groups is 2. The number of amides is 2. The summed E-state index contributed by atoms with van der Waals surface area (Å²) in [5.74, 6) is -0.913. The summed E-state index contributed by atoms with van der Waals surface area (Å²) in [6.07, 6.45) is 1.04. The van der Waals surface area contributed by atoms with Crippen molar-refractivity contribution >= 4 is 35.0 Å². The Morgan fingerprint density at radius 1 is 0.912 bits per heavy atom. The minimum atomic E-state index is -0.771.